The van der Waals surface area contributed by atoms with E-state index in [4.69, 9.17) is 0 Å². The van der Waals surface area contributed by atoms with Gasteiger partial charge in [-0.3, -0.25) is 0 Å². The first kappa shape index (κ1) is 28.3. The van der Waals surface area contributed by atoms with E-state index in [0.29, 0.717) is 0 Å². The lowest BCUT2D eigenvalue weighted by molar-refractivity contribution is 0.660. The second-order valence-electron chi connectivity index (χ2n) is 13.7. The number of hydrogen-bond acceptors (Lipinski definition) is 2. The van der Waals surface area contributed by atoms with Crippen LogP contribution < -0.4 is 4.90 Å². The largest absolute Gasteiger partial charge is 0.308 e. The molecule has 1 nitrogen and oxygen atoms in total. The lowest BCUT2D eigenvalue weighted by Crippen LogP contribution is -2.15. The van der Waals surface area contributed by atoms with Gasteiger partial charge in [0.1, 0.15) is 0 Å². The minimum absolute atomic E-state index is 0.0508. The summed E-state index contributed by atoms with van der Waals surface area (Å²) in [4.78, 5) is 2.51. The SMILES string of the molecule is CC1(C)c2ccccc2-c2cc(N(c3ccccc3-c3ccc4ccccc4c3)c3cccc4c3sc3c5ccccc5ccc43)ccc21. The third-order valence-corrected chi connectivity index (χ3v) is 11.9. The van der Waals surface area contributed by atoms with Crippen LogP contribution in [0.1, 0.15) is 25.0 Å². The van der Waals surface area contributed by atoms with E-state index in [1.807, 2.05) is 11.3 Å². The number of fused-ring (bicyclic) bond motifs is 9. The molecule has 49 heavy (non-hydrogen) atoms. The highest BCUT2D eigenvalue weighted by Crippen LogP contribution is 2.53. The van der Waals surface area contributed by atoms with Crippen LogP contribution in [-0.2, 0) is 5.41 Å². The van der Waals surface area contributed by atoms with Crippen LogP contribution >= 0.6 is 11.3 Å². The van der Waals surface area contributed by atoms with Crippen LogP contribution in [0.25, 0.3) is 64.0 Å². The van der Waals surface area contributed by atoms with E-state index in [2.05, 4.69) is 183 Å². The summed E-state index contributed by atoms with van der Waals surface area (Å²) in [7, 11) is 0. The van der Waals surface area contributed by atoms with Crippen molar-refractivity contribution in [1.82, 2.24) is 0 Å². The number of nitrogens with zero attached hydrogens (tertiary/aromatic N) is 1. The molecule has 1 aliphatic rings. The van der Waals surface area contributed by atoms with Crippen molar-refractivity contribution in [1.29, 1.82) is 0 Å². The number of rotatable bonds is 4. The van der Waals surface area contributed by atoms with Gasteiger partial charge in [0.25, 0.3) is 0 Å². The number of hydrogen-bond donors (Lipinski definition) is 0. The van der Waals surface area contributed by atoms with Crippen molar-refractivity contribution >= 4 is 70.1 Å². The minimum atomic E-state index is -0.0508. The summed E-state index contributed by atoms with van der Waals surface area (Å²) in [6, 6.07) is 60.6. The molecule has 0 saturated heterocycles. The zero-order valence-electron chi connectivity index (χ0n) is 27.4. The van der Waals surface area contributed by atoms with E-state index < -0.39 is 0 Å². The molecule has 232 valence electrons. The maximum absolute atomic E-state index is 2.51. The average molecular weight is 644 g/mol. The van der Waals surface area contributed by atoms with Gasteiger partial charge in [-0.15, -0.1) is 11.3 Å². The van der Waals surface area contributed by atoms with Crippen molar-refractivity contribution in [2.75, 3.05) is 4.90 Å². The van der Waals surface area contributed by atoms with E-state index >= 15 is 0 Å². The highest BCUT2D eigenvalue weighted by Gasteiger charge is 2.35. The summed E-state index contributed by atoms with van der Waals surface area (Å²) in [5.41, 5.74) is 11.3. The van der Waals surface area contributed by atoms with Gasteiger partial charge in [0.15, 0.2) is 0 Å². The predicted molar refractivity (Wildman–Crippen MR) is 212 cm³/mol. The quantitative estimate of drug-likeness (QED) is 0.184. The monoisotopic (exact) mass is 643 g/mol. The Bertz CT molecular complexity index is 2770. The molecular formula is C47H33NS. The minimum Gasteiger partial charge on any atom is -0.308 e. The van der Waals surface area contributed by atoms with Crippen molar-refractivity contribution in [2.24, 2.45) is 0 Å². The molecule has 0 spiro atoms. The highest BCUT2D eigenvalue weighted by molar-refractivity contribution is 7.27. The first-order valence-electron chi connectivity index (χ1n) is 17.0. The van der Waals surface area contributed by atoms with Crippen LogP contribution in [0.15, 0.2) is 164 Å². The Morgan fingerprint density at radius 2 is 1.08 bits per heavy atom. The summed E-state index contributed by atoms with van der Waals surface area (Å²) in [6.07, 6.45) is 0. The van der Waals surface area contributed by atoms with E-state index in [9.17, 15) is 0 Å². The molecule has 0 amide bonds. The molecule has 0 saturated carbocycles. The second-order valence-corrected chi connectivity index (χ2v) is 14.8. The van der Waals surface area contributed by atoms with Gasteiger partial charge in [-0.05, 0) is 79.7 Å². The lowest BCUT2D eigenvalue weighted by Gasteiger charge is -2.29. The molecule has 8 aromatic carbocycles. The first-order valence-corrected chi connectivity index (χ1v) is 17.8. The van der Waals surface area contributed by atoms with E-state index in [1.165, 1.54) is 80.8 Å². The Morgan fingerprint density at radius 3 is 1.98 bits per heavy atom. The first-order chi connectivity index (χ1) is 24.1. The molecule has 0 radical (unpaired) electrons. The fourth-order valence-electron chi connectivity index (χ4n) is 8.21. The van der Waals surface area contributed by atoms with Gasteiger partial charge in [-0.1, -0.05) is 147 Å². The van der Waals surface area contributed by atoms with Gasteiger partial charge in [0, 0.05) is 32.1 Å². The van der Waals surface area contributed by atoms with Crippen LogP contribution in [0.3, 0.4) is 0 Å². The van der Waals surface area contributed by atoms with Crippen molar-refractivity contribution in [3.05, 3.63) is 175 Å². The Hall–Kier alpha value is -5.70. The van der Waals surface area contributed by atoms with Crippen LogP contribution in [0, 0.1) is 0 Å². The maximum Gasteiger partial charge on any atom is 0.0640 e. The second kappa shape index (κ2) is 10.7. The zero-order chi connectivity index (χ0) is 32.7. The molecule has 2 heteroatoms. The van der Waals surface area contributed by atoms with Crippen molar-refractivity contribution in [3.8, 4) is 22.3 Å². The summed E-state index contributed by atoms with van der Waals surface area (Å²) >= 11 is 1.91. The third-order valence-electron chi connectivity index (χ3n) is 10.6. The summed E-state index contributed by atoms with van der Waals surface area (Å²) in [5.74, 6) is 0. The summed E-state index contributed by atoms with van der Waals surface area (Å²) in [5, 5.41) is 7.70. The standard InChI is InChI=1S/C47H33NS/c1-47(2)41-19-9-7-17-37(41)40-29-34(25-27-42(40)47)48(43-20-10-8-15-35(43)33-23-22-30-12-3-4-14-32(30)28-33)44-21-11-18-38-39-26-24-31-13-5-6-16-36(31)45(39)49-46(38)44/h3-29H,1-2H3. The fraction of sp³-hybridized carbons (Fsp3) is 0.0638. The molecule has 0 N–H and O–H groups in total. The van der Waals surface area contributed by atoms with Crippen LogP contribution in [0.5, 0.6) is 0 Å². The van der Waals surface area contributed by atoms with Gasteiger partial charge in [0.05, 0.1) is 16.1 Å². The molecule has 0 fully saturated rings. The van der Waals surface area contributed by atoms with Crippen LogP contribution in [0.4, 0.5) is 17.1 Å². The zero-order valence-corrected chi connectivity index (χ0v) is 28.3. The van der Waals surface area contributed by atoms with Crippen molar-refractivity contribution in [3.63, 3.8) is 0 Å². The Kier molecular flexibility index (Phi) is 6.16. The molecule has 9 aromatic rings. The number of thiophene rings is 1. The smallest absolute Gasteiger partial charge is 0.0640 e. The normalized spacial score (nSPS) is 13.3. The Labute approximate surface area is 290 Å². The van der Waals surface area contributed by atoms with E-state index in [-0.39, 0.29) is 5.41 Å². The molecule has 0 bridgehead atoms. The summed E-state index contributed by atoms with van der Waals surface area (Å²) in [6.45, 7) is 4.71. The molecule has 1 aromatic heterocycles. The van der Waals surface area contributed by atoms with E-state index in [1.54, 1.807) is 0 Å². The van der Waals surface area contributed by atoms with Gasteiger partial charge >= 0.3 is 0 Å². The van der Waals surface area contributed by atoms with Gasteiger partial charge < -0.3 is 4.90 Å². The number of anilines is 3. The van der Waals surface area contributed by atoms with Crippen LogP contribution in [0.2, 0.25) is 0 Å². The Morgan fingerprint density at radius 1 is 0.429 bits per heavy atom. The molecule has 0 atom stereocenters. The lowest BCUT2D eigenvalue weighted by atomic mass is 9.82. The third kappa shape index (κ3) is 4.24. The highest BCUT2D eigenvalue weighted by atomic mass is 32.1. The predicted octanol–water partition coefficient (Wildman–Crippen LogP) is 13.8. The van der Waals surface area contributed by atoms with Gasteiger partial charge in [-0.2, -0.15) is 0 Å². The van der Waals surface area contributed by atoms with E-state index in [0.717, 1.165) is 11.4 Å². The summed E-state index contributed by atoms with van der Waals surface area (Å²) < 4.78 is 2.64. The number of para-hydroxylation sites is 1. The topological polar surface area (TPSA) is 3.24 Å². The van der Waals surface area contributed by atoms with Gasteiger partial charge in [-0.25, -0.2) is 0 Å². The fourth-order valence-corrected chi connectivity index (χ4v) is 9.55. The molecule has 0 aliphatic heterocycles. The molecule has 10 rings (SSSR count). The van der Waals surface area contributed by atoms with Crippen molar-refractivity contribution < 1.29 is 0 Å². The molecular weight excluding hydrogens is 611 g/mol. The maximum atomic E-state index is 2.51. The molecule has 1 aliphatic carbocycles. The average Bonchev–Trinajstić information content (AvgIpc) is 3.65. The molecule has 1 heterocycles. The van der Waals surface area contributed by atoms with Gasteiger partial charge in [0.2, 0.25) is 0 Å². The van der Waals surface area contributed by atoms with Crippen molar-refractivity contribution in [2.45, 2.75) is 19.3 Å². The van der Waals surface area contributed by atoms with Crippen LogP contribution in [-0.4, -0.2) is 0 Å². The Balaban J connectivity index is 1.27. The number of benzene rings is 8. The molecule has 0 unspecified atom stereocenters.